The van der Waals surface area contributed by atoms with Crippen LogP contribution in [0.25, 0.3) is 0 Å². The van der Waals surface area contributed by atoms with Crippen molar-refractivity contribution >= 4 is 17.3 Å². The second-order valence-corrected chi connectivity index (χ2v) is 5.09. The Hall–Kier alpha value is -1.07. The zero-order valence-corrected chi connectivity index (χ0v) is 10.5. The Morgan fingerprint density at radius 3 is 2.88 bits per heavy atom. The molecule has 1 N–H and O–H groups in total. The molecule has 1 aliphatic rings. The van der Waals surface area contributed by atoms with Crippen LogP contribution >= 0.6 is 11.3 Å². The van der Waals surface area contributed by atoms with Crippen molar-refractivity contribution in [2.75, 3.05) is 26.2 Å². The first kappa shape index (κ1) is 12.4. The van der Waals surface area contributed by atoms with E-state index in [1.54, 1.807) is 11.4 Å². The van der Waals surface area contributed by atoms with Crippen LogP contribution < -0.4 is 4.74 Å². The second kappa shape index (κ2) is 6.02. The summed E-state index contributed by atoms with van der Waals surface area (Å²) in [6, 6.07) is 1.73. The van der Waals surface area contributed by atoms with E-state index in [0.29, 0.717) is 17.2 Å². The van der Waals surface area contributed by atoms with Crippen LogP contribution in [0.1, 0.15) is 28.9 Å². The lowest BCUT2D eigenvalue weighted by Crippen LogP contribution is -2.33. The van der Waals surface area contributed by atoms with Crippen LogP contribution in [0.3, 0.4) is 0 Å². The fourth-order valence-electron chi connectivity index (χ4n) is 2.03. The number of aromatic carboxylic acids is 1. The van der Waals surface area contributed by atoms with Crippen LogP contribution in [0, 0.1) is 0 Å². The van der Waals surface area contributed by atoms with Crippen LogP contribution in [0.2, 0.25) is 0 Å². The molecule has 0 atom stereocenters. The molecule has 0 saturated carbocycles. The number of hydrogen-bond acceptors (Lipinski definition) is 4. The van der Waals surface area contributed by atoms with Crippen molar-refractivity contribution in [3.05, 3.63) is 16.3 Å². The number of likely N-dealkylation sites (tertiary alicyclic amines) is 1. The average Bonchev–Trinajstić information content (AvgIpc) is 2.79. The Morgan fingerprint density at radius 2 is 2.18 bits per heavy atom. The summed E-state index contributed by atoms with van der Waals surface area (Å²) in [5.41, 5.74) is 0. The molecule has 94 valence electrons. The summed E-state index contributed by atoms with van der Waals surface area (Å²) in [7, 11) is 0. The Kier molecular flexibility index (Phi) is 4.39. The maximum absolute atomic E-state index is 10.9. The molecule has 1 saturated heterocycles. The summed E-state index contributed by atoms with van der Waals surface area (Å²) < 4.78 is 5.53. The number of carboxylic acid groups (broad SMARTS) is 1. The van der Waals surface area contributed by atoms with E-state index in [0.717, 1.165) is 19.6 Å². The SMILES string of the molecule is O=C(O)c1sccc1OCCN1CCCCC1. The van der Waals surface area contributed by atoms with Gasteiger partial charge in [-0.25, -0.2) is 4.79 Å². The lowest BCUT2D eigenvalue weighted by molar-refractivity contribution is 0.0697. The molecule has 0 spiro atoms. The first-order chi connectivity index (χ1) is 8.27. The fraction of sp³-hybridized carbons (Fsp3) is 0.583. The summed E-state index contributed by atoms with van der Waals surface area (Å²) in [5.74, 6) is -0.410. The minimum absolute atomic E-state index is 0.295. The Morgan fingerprint density at radius 1 is 1.41 bits per heavy atom. The topological polar surface area (TPSA) is 49.8 Å². The van der Waals surface area contributed by atoms with E-state index >= 15 is 0 Å². The molecule has 1 aromatic rings. The maximum atomic E-state index is 10.9. The molecule has 0 unspecified atom stereocenters. The van der Waals surface area contributed by atoms with Crippen molar-refractivity contribution in [1.82, 2.24) is 4.90 Å². The van der Waals surface area contributed by atoms with Crippen molar-refractivity contribution in [1.29, 1.82) is 0 Å². The third-order valence-electron chi connectivity index (χ3n) is 2.94. The van der Waals surface area contributed by atoms with Crippen LogP contribution in [-0.2, 0) is 0 Å². The van der Waals surface area contributed by atoms with Gasteiger partial charge in [-0.15, -0.1) is 11.3 Å². The molecule has 2 heterocycles. The highest BCUT2D eigenvalue weighted by Gasteiger charge is 2.14. The van der Waals surface area contributed by atoms with Crippen molar-refractivity contribution < 1.29 is 14.6 Å². The van der Waals surface area contributed by atoms with Gasteiger partial charge in [-0.1, -0.05) is 6.42 Å². The Labute approximate surface area is 105 Å². The van der Waals surface area contributed by atoms with E-state index in [9.17, 15) is 4.79 Å². The molecule has 1 aliphatic heterocycles. The van der Waals surface area contributed by atoms with E-state index in [2.05, 4.69) is 4.90 Å². The molecule has 0 aromatic carbocycles. The van der Waals surface area contributed by atoms with Gasteiger partial charge in [0.15, 0.2) is 4.88 Å². The van der Waals surface area contributed by atoms with Crippen LogP contribution in [0.5, 0.6) is 5.75 Å². The number of nitrogens with zero attached hydrogens (tertiary/aromatic N) is 1. The quantitative estimate of drug-likeness (QED) is 0.877. The summed E-state index contributed by atoms with van der Waals surface area (Å²) in [5, 5.41) is 10.7. The van der Waals surface area contributed by atoms with Crippen LogP contribution in [0.4, 0.5) is 0 Å². The normalized spacial score (nSPS) is 16.9. The zero-order chi connectivity index (χ0) is 12.1. The highest BCUT2D eigenvalue weighted by Crippen LogP contribution is 2.24. The molecule has 0 radical (unpaired) electrons. The molecule has 0 amide bonds. The number of ether oxygens (including phenoxy) is 1. The predicted octanol–water partition coefficient (Wildman–Crippen LogP) is 2.31. The van der Waals surface area contributed by atoms with Gasteiger partial charge in [0.1, 0.15) is 12.4 Å². The summed E-state index contributed by atoms with van der Waals surface area (Å²) >= 11 is 1.21. The second-order valence-electron chi connectivity index (χ2n) is 4.17. The van der Waals surface area contributed by atoms with Crippen molar-refractivity contribution in [3.8, 4) is 5.75 Å². The predicted molar refractivity (Wildman–Crippen MR) is 67.1 cm³/mol. The smallest absolute Gasteiger partial charge is 0.349 e. The van der Waals surface area contributed by atoms with Gasteiger partial charge in [0.2, 0.25) is 0 Å². The van der Waals surface area contributed by atoms with Gasteiger partial charge < -0.3 is 9.84 Å². The monoisotopic (exact) mass is 255 g/mol. The summed E-state index contributed by atoms with van der Waals surface area (Å²) in [6.45, 7) is 3.73. The lowest BCUT2D eigenvalue weighted by atomic mass is 10.1. The molecule has 5 heteroatoms. The number of piperidine rings is 1. The first-order valence-electron chi connectivity index (χ1n) is 5.93. The number of carboxylic acids is 1. The van der Waals surface area contributed by atoms with E-state index in [1.807, 2.05) is 0 Å². The molecular formula is C12H17NO3S. The molecule has 17 heavy (non-hydrogen) atoms. The van der Waals surface area contributed by atoms with Crippen molar-refractivity contribution in [2.24, 2.45) is 0 Å². The highest BCUT2D eigenvalue weighted by molar-refractivity contribution is 7.12. The zero-order valence-electron chi connectivity index (χ0n) is 9.72. The minimum atomic E-state index is -0.909. The van der Waals surface area contributed by atoms with Crippen LogP contribution in [-0.4, -0.2) is 42.2 Å². The largest absolute Gasteiger partial charge is 0.490 e. The van der Waals surface area contributed by atoms with Crippen molar-refractivity contribution in [3.63, 3.8) is 0 Å². The van der Waals surface area contributed by atoms with Gasteiger partial charge in [0.25, 0.3) is 0 Å². The van der Waals surface area contributed by atoms with Gasteiger partial charge in [0.05, 0.1) is 0 Å². The number of thiophene rings is 1. The van der Waals surface area contributed by atoms with E-state index in [-0.39, 0.29) is 0 Å². The fourth-order valence-corrected chi connectivity index (χ4v) is 2.71. The van der Waals surface area contributed by atoms with E-state index < -0.39 is 5.97 Å². The Bertz CT molecular complexity index is 372. The molecule has 4 nitrogen and oxygen atoms in total. The van der Waals surface area contributed by atoms with Gasteiger partial charge in [-0.3, -0.25) is 4.90 Å². The molecule has 1 aromatic heterocycles. The van der Waals surface area contributed by atoms with Crippen LogP contribution in [0.15, 0.2) is 11.4 Å². The van der Waals surface area contributed by atoms with Gasteiger partial charge in [-0.2, -0.15) is 0 Å². The molecular weight excluding hydrogens is 238 g/mol. The Balaban J connectivity index is 1.77. The summed E-state index contributed by atoms with van der Waals surface area (Å²) in [4.78, 5) is 13.5. The first-order valence-corrected chi connectivity index (χ1v) is 6.81. The molecule has 0 aliphatic carbocycles. The highest BCUT2D eigenvalue weighted by atomic mass is 32.1. The third-order valence-corrected chi connectivity index (χ3v) is 3.82. The lowest BCUT2D eigenvalue weighted by Gasteiger charge is -2.26. The number of hydrogen-bond donors (Lipinski definition) is 1. The third kappa shape index (κ3) is 3.44. The van der Waals surface area contributed by atoms with Gasteiger partial charge >= 0.3 is 5.97 Å². The maximum Gasteiger partial charge on any atom is 0.349 e. The number of rotatable bonds is 5. The molecule has 2 rings (SSSR count). The molecule has 1 fully saturated rings. The van der Waals surface area contributed by atoms with E-state index in [4.69, 9.17) is 9.84 Å². The van der Waals surface area contributed by atoms with E-state index in [1.165, 1.54) is 30.6 Å². The van der Waals surface area contributed by atoms with Crippen molar-refractivity contribution in [2.45, 2.75) is 19.3 Å². The van der Waals surface area contributed by atoms with Gasteiger partial charge in [0, 0.05) is 6.54 Å². The number of carbonyl (C=O) groups is 1. The summed E-state index contributed by atoms with van der Waals surface area (Å²) in [6.07, 6.45) is 3.85. The standard InChI is InChI=1S/C12H17NO3S/c14-12(15)11-10(4-9-17-11)16-8-7-13-5-2-1-3-6-13/h4,9H,1-3,5-8H2,(H,14,15). The molecule has 0 bridgehead atoms. The van der Waals surface area contributed by atoms with Gasteiger partial charge in [-0.05, 0) is 37.4 Å². The average molecular weight is 255 g/mol. The minimum Gasteiger partial charge on any atom is -0.490 e.